The number of carbonyl (C=O) groups is 2. The molecule has 0 saturated heterocycles. The predicted molar refractivity (Wildman–Crippen MR) is 80.2 cm³/mol. The fraction of sp³-hybridized carbons (Fsp3) is 0. The molecule has 0 aromatic heterocycles. The van der Waals surface area contributed by atoms with Crippen molar-refractivity contribution in [1.82, 2.24) is 0 Å². The summed E-state index contributed by atoms with van der Waals surface area (Å²) in [6.45, 7) is 3.46. The molecular formula is C18H14O2. The molecule has 0 aliphatic heterocycles. The number of carbonyl (C=O) groups excluding carboxylic acids is 2. The van der Waals surface area contributed by atoms with Crippen LogP contribution in [0.2, 0.25) is 0 Å². The minimum atomic E-state index is -0.372. The summed E-state index contributed by atoms with van der Waals surface area (Å²) < 4.78 is 0. The van der Waals surface area contributed by atoms with Gasteiger partial charge in [0.1, 0.15) is 0 Å². The molecule has 0 aliphatic rings. The van der Waals surface area contributed by atoms with Crippen molar-refractivity contribution in [3.63, 3.8) is 0 Å². The second kappa shape index (κ2) is 6.43. The maximum absolute atomic E-state index is 11.9. The molecule has 20 heavy (non-hydrogen) atoms. The van der Waals surface area contributed by atoms with Gasteiger partial charge in [-0.25, -0.2) is 0 Å². The van der Waals surface area contributed by atoms with Crippen LogP contribution in [0.25, 0.3) is 5.57 Å². The molecule has 0 bridgehead atoms. The molecule has 0 radical (unpaired) electrons. The summed E-state index contributed by atoms with van der Waals surface area (Å²) in [7, 11) is 0. The minimum Gasteiger partial charge on any atom is -0.298 e. The van der Waals surface area contributed by atoms with Gasteiger partial charge < -0.3 is 0 Å². The molecule has 0 N–H and O–H groups in total. The van der Waals surface area contributed by atoms with E-state index < -0.39 is 0 Å². The van der Waals surface area contributed by atoms with Crippen LogP contribution < -0.4 is 0 Å². The van der Waals surface area contributed by atoms with E-state index in [4.69, 9.17) is 0 Å². The molecule has 2 aromatic rings. The maximum Gasteiger partial charge on any atom is 0.189 e. The van der Waals surface area contributed by atoms with E-state index in [1.54, 1.807) is 0 Å². The molecule has 0 aliphatic carbocycles. The van der Waals surface area contributed by atoms with Crippen LogP contribution in [0.4, 0.5) is 0 Å². The molecule has 0 amide bonds. The van der Waals surface area contributed by atoms with Gasteiger partial charge >= 0.3 is 0 Å². The van der Waals surface area contributed by atoms with Crippen LogP contribution in [0.15, 0.2) is 78.9 Å². The van der Waals surface area contributed by atoms with E-state index in [-0.39, 0.29) is 11.4 Å². The van der Waals surface area contributed by atoms with E-state index in [0.717, 1.165) is 17.2 Å². The van der Waals surface area contributed by atoms with Crippen LogP contribution in [-0.2, 0) is 9.59 Å². The van der Waals surface area contributed by atoms with Gasteiger partial charge in [-0.2, -0.15) is 0 Å². The Morgan fingerprint density at radius 2 is 1.30 bits per heavy atom. The van der Waals surface area contributed by atoms with E-state index in [9.17, 15) is 9.59 Å². The van der Waals surface area contributed by atoms with Crippen LogP contribution in [0.5, 0.6) is 0 Å². The first-order valence-corrected chi connectivity index (χ1v) is 6.25. The van der Waals surface area contributed by atoms with Crippen molar-refractivity contribution in [2.45, 2.75) is 0 Å². The zero-order valence-corrected chi connectivity index (χ0v) is 11.0. The third kappa shape index (κ3) is 2.81. The zero-order valence-electron chi connectivity index (χ0n) is 11.0. The van der Waals surface area contributed by atoms with Gasteiger partial charge in [0.05, 0.1) is 5.57 Å². The predicted octanol–water partition coefficient (Wildman–Crippen LogP) is 3.44. The molecule has 2 aromatic carbocycles. The van der Waals surface area contributed by atoms with Crippen LogP contribution >= 0.6 is 0 Å². The van der Waals surface area contributed by atoms with Gasteiger partial charge in [0.15, 0.2) is 12.1 Å². The molecule has 98 valence electrons. The van der Waals surface area contributed by atoms with Crippen LogP contribution in [0.1, 0.15) is 11.1 Å². The molecule has 0 atom stereocenters. The van der Waals surface area contributed by atoms with Crippen LogP contribution in [-0.4, -0.2) is 12.1 Å². The summed E-state index contributed by atoms with van der Waals surface area (Å²) in [5.41, 5.74) is 2.41. The number of ketones is 1. The number of benzene rings is 2. The van der Waals surface area contributed by atoms with Gasteiger partial charge in [0.25, 0.3) is 0 Å². The van der Waals surface area contributed by atoms with E-state index in [1.165, 1.54) is 0 Å². The minimum absolute atomic E-state index is 0.123. The van der Waals surface area contributed by atoms with Crippen LogP contribution in [0.3, 0.4) is 0 Å². The molecule has 2 rings (SSSR count). The summed E-state index contributed by atoms with van der Waals surface area (Å²) >= 11 is 0. The van der Waals surface area contributed by atoms with Crippen LogP contribution in [0, 0.1) is 0 Å². The average molecular weight is 262 g/mol. The van der Waals surface area contributed by atoms with Gasteiger partial charge in [-0.1, -0.05) is 67.2 Å². The van der Waals surface area contributed by atoms with Crippen molar-refractivity contribution >= 4 is 17.6 Å². The Balaban J connectivity index is 2.73. The summed E-state index contributed by atoms with van der Waals surface area (Å²) in [6.07, 6.45) is 1.76. The number of allylic oxidation sites excluding steroid dienone is 2. The second-order valence-electron chi connectivity index (χ2n) is 4.21. The highest BCUT2D eigenvalue weighted by Gasteiger charge is 2.15. The lowest BCUT2D eigenvalue weighted by Crippen LogP contribution is -2.05. The molecule has 2 heteroatoms. The smallest absolute Gasteiger partial charge is 0.189 e. The summed E-state index contributed by atoms with van der Waals surface area (Å²) in [6, 6.07) is 18.8. The Bertz CT molecular complexity index is 611. The Morgan fingerprint density at radius 1 is 0.850 bits per heavy atom. The van der Waals surface area contributed by atoms with E-state index >= 15 is 0 Å². The lowest BCUT2D eigenvalue weighted by Gasteiger charge is -2.11. The van der Waals surface area contributed by atoms with Crippen molar-refractivity contribution in [3.05, 3.63) is 90.0 Å². The summed E-state index contributed by atoms with van der Waals surface area (Å²) in [4.78, 5) is 23.3. The van der Waals surface area contributed by atoms with E-state index in [1.807, 2.05) is 60.7 Å². The largest absolute Gasteiger partial charge is 0.298 e. The zero-order chi connectivity index (χ0) is 14.4. The summed E-state index contributed by atoms with van der Waals surface area (Å²) in [5, 5.41) is 0. The molecule has 0 spiro atoms. The highest BCUT2D eigenvalue weighted by molar-refractivity contribution is 6.23. The first-order valence-electron chi connectivity index (χ1n) is 6.25. The fourth-order valence-electron chi connectivity index (χ4n) is 2.04. The first-order chi connectivity index (χ1) is 9.77. The molecule has 0 saturated carbocycles. The molecule has 0 heterocycles. The maximum atomic E-state index is 11.9. The molecule has 0 fully saturated rings. The Hall–Kier alpha value is -2.74. The van der Waals surface area contributed by atoms with E-state index in [0.29, 0.717) is 11.9 Å². The molecular weight excluding hydrogens is 248 g/mol. The lowest BCUT2D eigenvalue weighted by molar-refractivity contribution is -0.114. The normalized spacial score (nSPS) is 9.60. The van der Waals surface area contributed by atoms with Gasteiger partial charge in [-0.3, -0.25) is 9.59 Å². The quantitative estimate of drug-likeness (QED) is 0.358. The van der Waals surface area contributed by atoms with Gasteiger partial charge in [-0.15, -0.1) is 0 Å². The number of hydrogen-bond acceptors (Lipinski definition) is 2. The third-order valence-electron chi connectivity index (χ3n) is 2.96. The van der Waals surface area contributed by atoms with Crippen molar-refractivity contribution in [2.24, 2.45) is 0 Å². The lowest BCUT2D eigenvalue weighted by atomic mass is 9.92. The number of hydrogen-bond donors (Lipinski definition) is 0. The third-order valence-corrected chi connectivity index (χ3v) is 2.96. The highest BCUT2D eigenvalue weighted by Crippen LogP contribution is 2.26. The summed E-state index contributed by atoms with van der Waals surface area (Å²) in [5.74, 6) is -0.372. The van der Waals surface area contributed by atoms with Crippen molar-refractivity contribution in [2.75, 3.05) is 0 Å². The van der Waals surface area contributed by atoms with Gasteiger partial charge in [0.2, 0.25) is 0 Å². The topological polar surface area (TPSA) is 34.1 Å². The SMILES string of the molecule is C=CC(=O)C(C=O)=C(c1ccccc1)c1ccccc1. The molecule has 2 nitrogen and oxygen atoms in total. The highest BCUT2D eigenvalue weighted by atomic mass is 16.1. The fourth-order valence-corrected chi connectivity index (χ4v) is 2.04. The standard InChI is InChI=1S/C18H14O2/c1-2-17(20)16(13-19)18(14-9-5-3-6-10-14)15-11-7-4-8-12-15/h2-13H,1H2. The van der Waals surface area contributed by atoms with E-state index in [2.05, 4.69) is 6.58 Å². The average Bonchev–Trinajstić information content (AvgIpc) is 2.53. The van der Waals surface area contributed by atoms with Gasteiger partial charge in [-0.05, 0) is 17.2 Å². The molecule has 0 unspecified atom stereocenters. The first kappa shape index (κ1) is 13.7. The van der Waals surface area contributed by atoms with Crippen molar-refractivity contribution in [1.29, 1.82) is 0 Å². The Kier molecular flexibility index (Phi) is 4.40. The monoisotopic (exact) mass is 262 g/mol. The van der Waals surface area contributed by atoms with Gasteiger partial charge in [0, 0.05) is 5.57 Å². The number of rotatable bonds is 5. The Morgan fingerprint density at radius 3 is 1.65 bits per heavy atom. The number of aldehydes is 1. The van der Waals surface area contributed by atoms with Crippen molar-refractivity contribution in [3.8, 4) is 0 Å². The van der Waals surface area contributed by atoms with Crippen molar-refractivity contribution < 1.29 is 9.59 Å². The Labute approximate surface area is 118 Å². The second-order valence-corrected chi connectivity index (χ2v) is 4.21.